The number of amides is 2. The molecule has 2 aliphatic rings. The number of likely N-dealkylation sites (tertiary alicyclic amines) is 2. The van der Waals surface area contributed by atoms with Gasteiger partial charge in [0.05, 0.1) is 12.7 Å². The van der Waals surface area contributed by atoms with Gasteiger partial charge < -0.3 is 24.8 Å². The number of nitrogens with one attached hydrogen (secondary N) is 1. The highest BCUT2D eigenvalue weighted by Gasteiger charge is 2.31. The van der Waals surface area contributed by atoms with E-state index < -0.39 is 0 Å². The van der Waals surface area contributed by atoms with Crippen LogP contribution in [-0.2, 0) is 9.53 Å². The lowest BCUT2D eigenvalue weighted by molar-refractivity contribution is -0.125. The summed E-state index contributed by atoms with van der Waals surface area (Å²) in [5, 5.41) is 8.18. The number of hydrogen-bond donors (Lipinski definition) is 1. The third kappa shape index (κ3) is 6.16. The van der Waals surface area contributed by atoms with Crippen molar-refractivity contribution in [1.29, 1.82) is 0 Å². The topological polar surface area (TPSA) is 95.3 Å². The fourth-order valence-electron chi connectivity index (χ4n) is 4.74. The fourth-order valence-corrected chi connectivity index (χ4v) is 4.74. The Morgan fingerprint density at radius 1 is 1.19 bits per heavy atom. The third-order valence-corrected chi connectivity index (χ3v) is 6.81. The molecule has 2 aromatic heterocycles. The fraction of sp³-hybridized carbons (Fsp3) is 0.615. The predicted octanol–water partition coefficient (Wildman–Crippen LogP) is 2.89. The first-order chi connectivity index (χ1) is 17.2. The zero-order chi connectivity index (χ0) is 25.8. The molecule has 4 heterocycles. The first-order valence-corrected chi connectivity index (χ1v) is 12.9. The van der Waals surface area contributed by atoms with E-state index in [1.165, 1.54) is 0 Å². The van der Waals surface area contributed by atoms with Crippen molar-refractivity contribution in [1.82, 2.24) is 29.3 Å². The number of aromatic nitrogens is 3. The minimum Gasteiger partial charge on any atom is -0.444 e. The molecule has 0 radical (unpaired) electrons. The first kappa shape index (κ1) is 25.9. The van der Waals surface area contributed by atoms with Crippen LogP contribution in [0.4, 0.5) is 10.6 Å². The van der Waals surface area contributed by atoms with Gasteiger partial charge in [0, 0.05) is 62.0 Å². The molecular weight excluding hydrogens is 458 g/mol. The minimum absolute atomic E-state index is 0.0274. The van der Waals surface area contributed by atoms with Gasteiger partial charge in [-0.25, -0.2) is 9.78 Å². The Hall–Kier alpha value is -3.14. The van der Waals surface area contributed by atoms with E-state index in [1.54, 1.807) is 15.9 Å². The van der Waals surface area contributed by atoms with Gasteiger partial charge in [-0.05, 0) is 39.8 Å². The van der Waals surface area contributed by atoms with E-state index in [-0.39, 0.29) is 24.1 Å². The number of piperidine rings is 1. The summed E-state index contributed by atoms with van der Waals surface area (Å²) in [7, 11) is 3.92. The molecule has 1 atom stereocenters. The van der Waals surface area contributed by atoms with E-state index in [9.17, 15) is 9.59 Å². The molecule has 1 unspecified atom stereocenters. The minimum atomic E-state index is -0.285. The largest absolute Gasteiger partial charge is 0.444 e. The second-order valence-corrected chi connectivity index (χ2v) is 10.4. The van der Waals surface area contributed by atoms with Gasteiger partial charge in [-0.3, -0.25) is 4.79 Å². The van der Waals surface area contributed by atoms with Crippen LogP contribution >= 0.6 is 0 Å². The zero-order valence-corrected chi connectivity index (χ0v) is 22.1. The number of likely N-dealkylation sites (N-methyl/N-ethyl adjacent to an activating group) is 1. The van der Waals surface area contributed by atoms with E-state index >= 15 is 0 Å². The number of aryl methyl sites for hydroxylation is 1. The maximum atomic E-state index is 12.8. The number of hydrogen-bond acceptors (Lipinski definition) is 7. The van der Waals surface area contributed by atoms with Crippen LogP contribution in [0, 0.1) is 6.92 Å². The van der Waals surface area contributed by atoms with Crippen LogP contribution in [0.25, 0.3) is 5.65 Å². The van der Waals surface area contributed by atoms with Crippen LogP contribution < -0.4 is 5.32 Å². The summed E-state index contributed by atoms with van der Waals surface area (Å²) in [6.45, 7) is 9.33. The van der Waals surface area contributed by atoms with Crippen LogP contribution in [0.2, 0.25) is 0 Å². The van der Waals surface area contributed by atoms with Gasteiger partial charge in [-0.2, -0.15) is 9.61 Å². The Bertz CT molecular complexity index is 1100. The lowest BCUT2D eigenvalue weighted by Crippen LogP contribution is -2.44. The molecule has 0 saturated carbocycles. The Kier molecular flexibility index (Phi) is 8.13. The summed E-state index contributed by atoms with van der Waals surface area (Å²) in [6.07, 6.45) is 7.14. The monoisotopic (exact) mass is 497 g/mol. The molecular formula is C26H39N7O3. The molecule has 2 aliphatic heterocycles. The number of nitrogens with zero attached hydrogens (tertiary/aromatic N) is 6. The van der Waals surface area contributed by atoms with Crippen molar-refractivity contribution >= 4 is 23.5 Å². The van der Waals surface area contributed by atoms with Crippen molar-refractivity contribution in [2.75, 3.05) is 52.1 Å². The standard InChI is InChI=1S/C26H39N7O3/c1-18(2)22-16-27-33-23(15-19(3)28-25(22)33)29-20-8-12-31(13-9-20)26(35)36-21-10-14-32(17-21)24(34)7-6-11-30(4)5/h6-7,15-16,18,20-21,29H,8-14,17H2,1-5H3/b7-6+. The van der Waals surface area contributed by atoms with Gasteiger partial charge in [0.1, 0.15) is 11.9 Å². The summed E-state index contributed by atoms with van der Waals surface area (Å²) < 4.78 is 7.62. The normalized spacial score (nSPS) is 19.2. The lowest BCUT2D eigenvalue weighted by atomic mass is 10.1. The molecule has 10 heteroatoms. The van der Waals surface area contributed by atoms with Gasteiger partial charge in [0.2, 0.25) is 5.91 Å². The first-order valence-electron chi connectivity index (χ1n) is 12.9. The molecule has 0 aromatic carbocycles. The van der Waals surface area contributed by atoms with E-state index in [0.717, 1.165) is 42.1 Å². The maximum Gasteiger partial charge on any atom is 0.410 e. The lowest BCUT2D eigenvalue weighted by Gasteiger charge is -2.33. The third-order valence-electron chi connectivity index (χ3n) is 6.81. The summed E-state index contributed by atoms with van der Waals surface area (Å²) >= 11 is 0. The van der Waals surface area contributed by atoms with Crippen LogP contribution in [0.5, 0.6) is 0 Å². The maximum absolute atomic E-state index is 12.8. The average Bonchev–Trinajstić information content (AvgIpc) is 3.46. The van der Waals surface area contributed by atoms with Crippen molar-refractivity contribution in [2.24, 2.45) is 0 Å². The Morgan fingerprint density at radius 3 is 2.61 bits per heavy atom. The van der Waals surface area contributed by atoms with E-state index in [0.29, 0.717) is 38.5 Å². The van der Waals surface area contributed by atoms with E-state index in [4.69, 9.17) is 9.72 Å². The SMILES string of the molecule is Cc1cc(NC2CCN(C(=O)OC3CCN(C(=O)/C=C/CN(C)C)C3)CC2)n2ncc(C(C)C)c2n1. The number of ether oxygens (including phenoxy) is 1. The Morgan fingerprint density at radius 2 is 1.92 bits per heavy atom. The molecule has 0 spiro atoms. The molecule has 2 aromatic rings. The van der Waals surface area contributed by atoms with E-state index in [1.807, 2.05) is 48.8 Å². The molecule has 36 heavy (non-hydrogen) atoms. The molecule has 0 aliphatic carbocycles. The van der Waals surface area contributed by atoms with Crippen LogP contribution in [0.1, 0.15) is 50.3 Å². The number of rotatable bonds is 7. The summed E-state index contributed by atoms with van der Waals surface area (Å²) in [5.41, 5.74) is 2.98. The van der Waals surface area contributed by atoms with Gasteiger partial charge in [0.25, 0.3) is 0 Å². The average molecular weight is 498 g/mol. The predicted molar refractivity (Wildman–Crippen MR) is 139 cm³/mol. The Balaban J connectivity index is 1.26. The van der Waals surface area contributed by atoms with Gasteiger partial charge in [-0.1, -0.05) is 19.9 Å². The second-order valence-electron chi connectivity index (χ2n) is 10.4. The second kappa shape index (κ2) is 11.3. The number of carbonyl (C=O) groups excluding carboxylic acids is 2. The Labute approximate surface area is 213 Å². The summed E-state index contributed by atoms with van der Waals surface area (Å²) in [4.78, 5) is 35.3. The van der Waals surface area contributed by atoms with Crippen molar-refractivity contribution in [3.05, 3.63) is 35.7 Å². The van der Waals surface area contributed by atoms with E-state index in [2.05, 4.69) is 24.3 Å². The number of anilines is 1. The van der Waals surface area contributed by atoms with Crippen molar-refractivity contribution in [3.63, 3.8) is 0 Å². The highest BCUT2D eigenvalue weighted by atomic mass is 16.6. The quantitative estimate of drug-likeness (QED) is 0.588. The molecule has 196 valence electrons. The highest BCUT2D eigenvalue weighted by Crippen LogP contribution is 2.24. The highest BCUT2D eigenvalue weighted by molar-refractivity contribution is 5.87. The van der Waals surface area contributed by atoms with Gasteiger partial charge >= 0.3 is 6.09 Å². The van der Waals surface area contributed by atoms with Crippen LogP contribution in [-0.4, -0.2) is 100 Å². The molecule has 4 rings (SSSR count). The zero-order valence-electron chi connectivity index (χ0n) is 22.1. The van der Waals surface area contributed by atoms with Gasteiger partial charge in [0.15, 0.2) is 5.65 Å². The number of carbonyl (C=O) groups is 2. The summed E-state index contributed by atoms with van der Waals surface area (Å²) in [5.74, 6) is 1.25. The molecule has 10 nitrogen and oxygen atoms in total. The molecule has 2 saturated heterocycles. The van der Waals surface area contributed by atoms with Crippen molar-refractivity contribution in [2.45, 2.75) is 58.1 Å². The molecule has 0 bridgehead atoms. The smallest absolute Gasteiger partial charge is 0.410 e. The molecule has 1 N–H and O–H groups in total. The van der Waals surface area contributed by atoms with Crippen LogP contribution in [0.15, 0.2) is 24.4 Å². The van der Waals surface area contributed by atoms with Gasteiger partial charge in [-0.15, -0.1) is 0 Å². The molecule has 2 fully saturated rings. The summed E-state index contributed by atoms with van der Waals surface area (Å²) in [6, 6.07) is 2.26. The van der Waals surface area contributed by atoms with Crippen molar-refractivity contribution < 1.29 is 14.3 Å². The van der Waals surface area contributed by atoms with Crippen LogP contribution in [0.3, 0.4) is 0 Å². The molecule has 2 amide bonds. The number of fused-ring (bicyclic) bond motifs is 1. The van der Waals surface area contributed by atoms with Crippen molar-refractivity contribution in [3.8, 4) is 0 Å².